The lowest BCUT2D eigenvalue weighted by Gasteiger charge is -2.03. The first-order valence-electron chi connectivity index (χ1n) is 8.81. The van der Waals surface area contributed by atoms with E-state index in [1.165, 1.54) is 36.7 Å². The molecular weight excluding hydrogens is 408 g/mol. The van der Waals surface area contributed by atoms with E-state index in [-0.39, 0.29) is 16.0 Å². The molecule has 30 heavy (non-hydrogen) atoms. The summed E-state index contributed by atoms with van der Waals surface area (Å²) in [4.78, 5) is 36.5. The molecule has 1 heterocycles. The SMILES string of the molecule is CC(=O)C(=Cc1c(-c2ccccc2)[nH]n(-c2ccc(S(=O)(=O)O)cc2)c1=O)C(C)=O. The third-order valence-corrected chi connectivity index (χ3v) is 5.30. The second kappa shape index (κ2) is 8.05. The number of ketones is 2. The van der Waals surface area contributed by atoms with Crippen LogP contribution >= 0.6 is 0 Å². The van der Waals surface area contributed by atoms with Crippen molar-refractivity contribution in [3.05, 3.63) is 76.1 Å². The fourth-order valence-corrected chi connectivity index (χ4v) is 3.43. The number of carbonyl (C=O) groups excluding carboxylic acids is 2. The molecule has 3 rings (SSSR count). The second-order valence-corrected chi connectivity index (χ2v) is 7.97. The van der Waals surface area contributed by atoms with Crippen LogP contribution in [0, 0.1) is 0 Å². The number of rotatable bonds is 6. The molecule has 8 nitrogen and oxygen atoms in total. The minimum absolute atomic E-state index is 0.112. The molecule has 0 spiro atoms. The highest BCUT2D eigenvalue weighted by atomic mass is 32.2. The van der Waals surface area contributed by atoms with Crippen molar-refractivity contribution in [2.24, 2.45) is 0 Å². The molecule has 0 unspecified atom stereocenters. The molecule has 0 saturated carbocycles. The fraction of sp³-hybridized carbons (Fsp3) is 0.0952. The predicted octanol–water partition coefficient (Wildman–Crippen LogP) is 2.64. The third-order valence-electron chi connectivity index (χ3n) is 4.43. The zero-order chi connectivity index (χ0) is 22.1. The normalized spacial score (nSPS) is 11.2. The monoisotopic (exact) mass is 426 g/mol. The Labute approximate surface area is 172 Å². The first-order valence-corrected chi connectivity index (χ1v) is 10.3. The van der Waals surface area contributed by atoms with Gasteiger partial charge < -0.3 is 0 Å². The van der Waals surface area contributed by atoms with Gasteiger partial charge in [-0.3, -0.25) is 24.0 Å². The van der Waals surface area contributed by atoms with Crippen LogP contribution in [0.4, 0.5) is 0 Å². The second-order valence-electron chi connectivity index (χ2n) is 6.55. The zero-order valence-electron chi connectivity index (χ0n) is 16.1. The van der Waals surface area contributed by atoms with Crippen molar-refractivity contribution < 1.29 is 22.6 Å². The van der Waals surface area contributed by atoms with Crippen molar-refractivity contribution in [1.82, 2.24) is 9.78 Å². The van der Waals surface area contributed by atoms with Gasteiger partial charge >= 0.3 is 0 Å². The van der Waals surface area contributed by atoms with Gasteiger partial charge in [0.05, 0.1) is 27.4 Å². The molecule has 0 bridgehead atoms. The lowest BCUT2D eigenvalue weighted by atomic mass is 10.0. The van der Waals surface area contributed by atoms with Crippen LogP contribution in [0.5, 0.6) is 0 Å². The third kappa shape index (κ3) is 4.22. The number of hydrogen-bond donors (Lipinski definition) is 2. The van der Waals surface area contributed by atoms with Gasteiger partial charge in [0, 0.05) is 5.56 Å². The molecule has 9 heteroatoms. The van der Waals surface area contributed by atoms with Gasteiger partial charge in [-0.05, 0) is 44.2 Å². The average Bonchev–Trinajstić information content (AvgIpc) is 3.02. The van der Waals surface area contributed by atoms with Crippen LogP contribution < -0.4 is 5.56 Å². The van der Waals surface area contributed by atoms with Crippen molar-refractivity contribution in [1.29, 1.82) is 0 Å². The van der Waals surface area contributed by atoms with Gasteiger partial charge in [-0.15, -0.1) is 0 Å². The lowest BCUT2D eigenvalue weighted by molar-refractivity contribution is -0.119. The number of nitrogens with zero attached hydrogens (tertiary/aromatic N) is 1. The Kier molecular flexibility index (Phi) is 5.68. The number of allylic oxidation sites excluding steroid dienone is 1. The van der Waals surface area contributed by atoms with Crippen LogP contribution in [0.2, 0.25) is 0 Å². The van der Waals surface area contributed by atoms with E-state index in [0.717, 1.165) is 12.1 Å². The Morgan fingerprint density at radius 2 is 1.53 bits per heavy atom. The van der Waals surface area contributed by atoms with Gasteiger partial charge in [0.1, 0.15) is 0 Å². The van der Waals surface area contributed by atoms with E-state index in [9.17, 15) is 22.8 Å². The van der Waals surface area contributed by atoms with Crippen molar-refractivity contribution in [3.63, 3.8) is 0 Å². The maximum Gasteiger partial charge on any atom is 0.294 e. The number of nitrogens with one attached hydrogen (secondary N) is 1. The summed E-state index contributed by atoms with van der Waals surface area (Å²) >= 11 is 0. The van der Waals surface area contributed by atoms with E-state index < -0.39 is 27.2 Å². The van der Waals surface area contributed by atoms with Gasteiger partial charge in [-0.2, -0.15) is 8.42 Å². The number of benzene rings is 2. The molecule has 0 fully saturated rings. The maximum absolute atomic E-state index is 13.1. The van der Waals surface area contributed by atoms with E-state index in [1.807, 2.05) is 0 Å². The largest absolute Gasteiger partial charge is 0.294 e. The summed E-state index contributed by atoms with van der Waals surface area (Å²) in [5, 5.41) is 2.95. The summed E-state index contributed by atoms with van der Waals surface area (Å²) in [6, 6.07) is 13.9. The molecule has 0 radical (unpaired) electrons. The van der Waals surface area contributed by atoms with E-state index in [0.29, 0.717) is 16.9 Å². The Balaban J connectivity index is 2.26. The summed E-state index contributed by atoms with van der Waals surface area (Å²) in [5.74, 6) is -0.933. The van der Waals surface area contributed by atoms with Crippen molar-refractivity contribution in [2.75, 3.05) is 0 Å². The van der Waals surface area contributed by atoms with Gasteiger partial charge in [-0.25, -0.2) is 4.68 Å². The van der Waals surface area contributed by atoms with E-state index in [4.69, 9.17) is 4.55 Å². The van der Waals surface area contributed by atoms with E-state index in [2.05, 4.69) is 5.10 Å². The lowest BCUT2D eigenvalue weighted by Crippen LogP contribution is -2.17. The van der Waals surface area contributed by atoms with Crippen LogP contribution in [0.3, 0.4) is 0 Å². The molecule has 2 aromatic carbocycles. The molecule has 0 saturated heterocycles. The Hall–Kier alpha value is -3.56. The van der Waals surface area contributed by atoms with Crippen molar-refractivity contribution in [3.8, 4) is 16.9 Å². The first-order chi connectivity index (χ1) is 14.1. The topological polar surface area (TPSA) is 126 Å². The fourth-order valence-electron chi connectivity index (χ4n) is 2.95. The van der Waals surface area contributed by atoms with E-state index >= 15 is 0 Å². The molecule has 0 aliphatic rings. The molecule has 3 aromatic rings. The van der Waals surface area contributed by atoms with Gasteiger partial charge in [0.25, 0.3) is 15.7 Å². The number of aromatic amines is 1. The van der Waals surface area contributed by atoms with Crippen LogP contribution in [-0.2, 0) is 19.7 Å². The van der Waals surface area contributed by atoms with E-state index in [1.54, 1.807) is 30.3 Å². The summed E-state index contributed by atoms with van der Waals surface area (Å²) in [7, 11) is -4.37. The number of aromatic nitrogens is 2. The molecule has 0 atom stereocenters. The summed E-state index contributed by atoms with van der Waals surface area (Å²) in [6.45, 7) is 2.49. The predicted molar refractivity (Wildman–Crippen MR) is 111 cm³/mol. The number of H-pyrrole nitrogens is 1. The summed E-state index contributed by atoms with van der Waals surface area (Å²) in [5.41, 5.74) is 0.808. The summed E-state index contributed by atoms with van der Waals surface area (Å²) < 4.78 is 32.8. The quantitative estimate of drug-likeness (QED) is 0.270. The molecule has 0 aliphatic carbocycles. The molecular formula is C21H18N2O6S. The van der Waals surface area contributed by atoms with Crippen LogP contribution in [0.25, 0.3) is 23.0 Å². The molecule has 0 amide bonds. The van der Waals surface area contributed by atoms with Crippen LogP contribution in [-0.4, -0.2) is 34.3 Å². The maximum atomic E-state index is 13.1. The highest BCUT2D eigenvalue weighted by Gasteiger charge is 2.19. The highest BCUT2D eigenvalue weighted by Crippen LogP contribution is 2.23. The average molecular weight is 426 g/mol. The highest BCUT2D eigenvalue weighted by molar-refractivity contribution is 7.85. The van der Waals surface area contributed by atoms with Crippen LogP contribution in [0.15, 0.2) is 69.9 Å². The molecule has 1 aromatic heterocycles. The summed E-state index contributed by atoms with van der Waals surface area (Å²) in [6.07, 6.45) is 1.26. The zero-order valence-corrected chi connectivity index (χ0v) is 16.9. The molecule has 154 valence electrons. The van der Waals surface area contributed by atoms with Crippen molar-refractivity contribution >= 4 is 27.8 Å². The Morgan fingerprint density at radius 3 is 2.03 bits per heavy atom. The smallest absolute Gasteiger partial charge is 0.294 e. The van der Waals surface area contributed by atoms with Crippen LogP contribution in [0.1, 0.15) is 19.4 Å². The van der Waals surface area contributed by atoms with Crippen molar-refractivity contribution in [2.45, 2.75) is 18.7 Å². The van der Waals surface area contributed by atoms with Gasteiger partial charge in [-0.1, -0.05) is 30.3 Å². The Morgan fingerprint density at radius 1 is 0.967 bits per heavy atom. The molecule has 0 aliphatic heterocycles. The molecule has 2 N–H and O–H groups in total. The minimum atomic E-state index is -4.37. The minimum Gasteiger partial charge on any atom is -0.294 e. The van der Waals surface area contributed by atoms with Gasteiger partial charge in [0.15, 0.2) is 11.6 Å². The Bertz CT molecular complexity index is 1300. The number of Topliss-reactive ketones (excluding diaryl/α,β-unsaturated/α-hetero) is 2. The van der Waals surface area contributed by atoms with Gasteiger partial charge in [0.2, 0.25) is 0 Å². The number of hydrogen-bond acceptors (Lipinski definition) is 5. The number of carbonyl (C=O) groups is 2. The standard InChI is InChI=1S/C21H18N2O6S/c1-13(24)18(14(2)25)12-19-20(15-6-4-3-5-7-15)22-23(21(19)26)16-8-10-17(11-9-16)30(27,28)29/h3-12,22H,1-2H3,(H,27,28,29). The first kappa shape index (κ1) is 21.2.